The van der Waals surface area contributed by atoms with Crippen LogP contribution in [0.4, 0.5) is 5.69 Å². The molecule has 1 N–H and O–H groups in total. The molecule has 0 aliphatic carbocycles. The van der Waals surface area contributed by atoms with Gasteiger partial charge >= 0.3 is 0 Å². The Bertz CT molecular complexity index is 505. The van der Waals surface area contributed by atoms with Gasteiger partial charge in [-0.3, -0.25) is 4.79 Å². The Labute approximate surface area is 173 Å². The topological polar surface area (TPSA) is 41.6 Å². The second-order valence-electron chi connectivity index (χ2n) is 8.59. The molecule has 2 saturated heterocycles. The quantitative estimate of drug-likeness (QED) is 0.681. The maximum absolute atomic E-state index is 10.4. The number of ether oxygens (including phenoxy) is 1. The number of nitrogens with zero attached hydrogens (tertiary/aromatic N) is 1. The summed E-state index contributed by atoms with van der Waals surface area (Å²) in [5, 5.41) is 3.58. The molecular formula is C24H42N2O2. The molecule has 0 atom stereocenters. The number of rotatable bonds is 4. The van der Waals surface area contributed by atoms with E-state index < -0.39 is 0 Å². The first kappa shape index (κ1) is 24.5. The molecule has 4 heteroatoms. The zero-order valence-electron chi connectivity index (χ0n) is 18.7. The van der Waals surface area contributed by atoms with Crippen molar-refractivity contribution in [3.63, 3.8) is 0 Å². The van der Waals surface area contributed by atoms with Gasteiger partial charge in [-0.1, -0.05) is 52.3 Å². The van der Waals surface area contributed by atoms with Gasteiger partial charge in [-0.15, -0.1) is 0 Å². The van der Waals surface area contributed by atoms with E-state index in [1.165, 1.54) is 24.9 Å². The lowest BCUT2D eigenvalue weighted by molar-refractivity contribution is -0.119. The van der Waals surface area contributed by atoms with Gasteiger partial charge in [0.15, 0.2) is 0 Å². The first-order chi connectivity index (χ1) is 13.4. The lowest BCUT2D eigenvalue weighted by atomic mass is 9.87. The van der Waals surface area contributed by atoms with Crippen LogP contribution in [0.2, 0.25) is 0 Å². The van der Waals surface area contributed by atoms with Crippen molar-refractivity contribution in [3.8, 4) is 0 Å². The second-order valence-corrected chi connectivity index (χ2v) is 8.59. The third-order valence-electron chi connectivity index (χ3n) is 5.48. The minimum Gasteiger partial charge on any atom is -0.381 e. The Morgan fingerprint density at radius 2 is 1.68 bits per heavy atom. The monoisotopic (exact) mass is 390 g/mol. The fourth-order valence-electron chi connectivity index (χ4n) is 3.51. The normalized spacial score (nSPS) is 19.0. The van der Waals surface area contributed by atoms with Gasteiger partial charge in [0.2, 0.25) is 6.41 Å². The van der Waals surface area contributed by atoms with Crippen LogP contribution in [0.1, 0.15) is 66.7 Å². The van der Waals surface area contributed by atoms with E-state index in [9.17, 15) is 4.79 Å². The molecule has 0 bridgehead atoms. The summed E-state index contributed by atoms with van der Waals surface area (Å²) < 4.78 is 5.36. The Hall–Kier alpha value is -1.55. The minimum atomic E-state index is 0.208. The minimum absolute atomic E-state index is 0.208. The van der Waals surface area contributed by atoms with Gasteiger partial charge < -0.3 is 15.0 Å². The molecule has 2 heterocycles. The Balaban J connectivity index is 0.000000252. The average Bonchev–Trinajstić information content (AvgIpc) is 2.70. The molecule has 2 fully saturated rings. The van der Waals surface area contributed by atoms with Crippen LogP contribution in [-0.4, -0.2) is 43.2 Å². The molecule has 28 heavy (non-hydrogen) atoms. The SMILES string of the molecule is CC(C)C1CCN(C=O)CC1.CC1(Nc2ccccc2)CCOCC1.CCC. The molecule has 2 aliphatic rings. The lowest BCUT2D eigenvalue weighted by Gasteiger charge is -2.35. The molecular weight excluding hydrogens is 348 g/mol. The number of anilines is 1. The highest BCUT2D eigenvalue weighted by Crippen LogP contribution is 2.25. The van der Waals surface area contributed by atoms with Gasteiger partial charge in [0.25, 0.3) is 0 Å². The molecule has 1 amide bonds. The van der Waals surface area contributed by atoms with E-state index in [1.54, 1.807) is 0 Å². The van der Waals surface area contributed by atoms with Gasteiger partial charge in [-0.25, -0.2) is 0 Å². The fourth-order valence-corrected chi connectivity index (χ4v) is 3.51. The lowest BCUT2D eigenvalue weighted by Crippen LogP contribution is -2.40. The van der Waals surface area contributed by atoms with E-state index >= 15 is 0 Å². The summed E-state index contributed by atoms with van der Waals surface area (Å²) in [5.74, 6) is 1.62. The van der Waals surface area contributed by atoms with Crippen molar-refractivity contribution in [3.05, 3.63) is 30.3 Å². The maximum atomic E-state index is 10.4. The van der Waals surface area contributed by atoms with Crippen LogP contribution >= 0.6 is 0 Å². The maximum Gasteiger partial charge on any atom is 0.209 e. The molecule has 160 valence electrons. The summed E-state index contributed by atoms with van der Waals surface area (Å²) in [6.45, 7) is 14.7. The average molecular weight is 391 g/mol. The van der Waals surface area contributed by atoms with Crippen molar-refractivity contribution < 1.29 is 9.53 Å². The van der Waals surface area contributed by atoms with Gasteiger partial charge in [0.05, 0.1) is 0 Å². The molecule has 2 aliphatic heterocycles. The van der Waals surface area contributed by atoms with Crippen LogP contribution in [0, 0.1) is 11.8 Å². The number of likely N-dealkylation sites (tertiary alicyclic amines) is 1. The zero-order valence-corrected chi connectivity index (χ0v) is 18.7. The second kappa shape index (κ2) is 13.6. The summed E-state index contributed by atoms with van der Waals surface area (Å²) in [5.41, 5.74) is 1.41. The number of benzene rings is 1. The molecule has 0 unspecified atom stereocenters. The van der Waals surface area contributed by atoms with Crippen molar-refractivity contribution in [2.24, 2.45) is 11.8 Å². The summed E-state index contributed by atoms with van der Waals surface area (Å²) >= 11 is 0. The van der Waals surface area contributed by atoms with Crippen LogP contribution in [0.5, 0.6) is 0 Å². The summed E-state index contributed by atoms with van der Waals surface area (Å²) in [6, 6.07) is 10.4. The highest BCUT2D eigenvalue weighted by molar-refractivity contribution is 5.47. The largest absolute Gasteiger partial charge is 0.381 e. The molecule has 1 aromatic rings. The van der Waals surface area contributed by atoms with E-state index in [4.69, 9.17) is 4.74 Å². The van der Waals surface area contributed by atoms with E-state index in [2.05, 4.69) is 64.2 Å². The van der Waals surface area contributed by atoms with Gasteiger partial charge in [-0.2, -0.15) is 0 Å². The number of nitrogens with one attached hydrogen (secondary N) is 1. The fraction of sp³-hybridized carbons (Fsp3) is 0.708. The summed E-state index contributed by atoms with van der Waals surface area (Å²) in [6.07, 6.45) is 6.77. The number of hydrogen-bond acceptors (Lipinski definition) is 3. The van der Waals surface area contributed by atoms with Crippen LogP contribution in [0.25, 0.3) is 0 Å². The molecule has 0 saturated carbocycles. The third kappa shape index (κ3) is 9.59. The molecule has 0 radical (unpaired) electrons. The van der Waals surface area contributed by atoms with Crippen molar-refractivity contribution in [2.75, 3.05) is 31.6 Å². The predicted octanol–water partition coefficient (Wildman–Crippen LogP) is 5.59. The highest BCUT2D eigenvalue weighted by atomic mass is 16.5. The summed E-state index contributed by atoms with van der Waals surface area (Å²) in [4.78, 5) is 12.2. The number of carbonyl (C=O) groups excluding carboxylic acids is 1. The first-order valence-electron chi connectivity index (χ1n) is 11.0. The molecule has 1 aromatic carbocycles. The van der Waals surface area contributed by atoms with Crippen LogP contribution in [0.15, 0.2) is 30.3 Å². The van der Waals surface area contributed by atoms with Crippen LogP contribution < -0.4 is 5.32 Å². The van der Waals surface area contributed by atoms with E-state index in [1.807, 2.05) is 11.0 Å². The predicted molar refractivity (Wildman–Crippen MR) is 120 cm³/mol. The molecule has 0 spiro atoms. The number of amides is 1. The first-order valence-corrected chi connectivity index (χ1v) is 11.0. The van der Waals surface area contributed by atoms with E-state index in [0.717, 1.165) is 57.4 Å². The van der Waals surface area contributed by atoms with Gasteiger partial charge in [-0.05, 0) is 56.6 Å². The number of hydrogen-bond donors (Lipinski definition) is 1. The smallest absolute Gasteiger partial charge is 0.209 e. The van der Waals surface area contributed by atoms with Crippen LogP contribution in [-0.2, 0) is 9.53 Å². The Morgan fingerprint density at radius 3 is 2.14 bits per heavy atom. The van der Waals surface area contributed by atoms with Crippen molar-refractivity contribution in [1.29, 1.82) is 0 Å². The van der Waals surface area contributed by atoms with Crippen LogP contribution in [0.3, 0.4) is 0 Å². The van der Waals surface area contributed by atoms with Gasteiger partial charge in [0.1, 0.15) is 0 Å². The molecule has 0 aromatic heterocycles. The molecule has 3 rings (SSSR count). The van der Waals surface area contributed by atoms with Crippen molar-refractivity contribution in [1.82, 2.24) is 4.90 Å². The zero-order chi connectivity index (χ0) is 20.8. The number of para-hydroxylation sites is 1. The number of piperidine rings is 1. The summed E-state index contributed by atoms with van der Waals surface area (Å²) in [7, 11) is 0. The van der Waals surface area contributed by atoms with E-state index in [0.29, 0.717) is 0 Å². The molecule has 4 nitrogen and oxygen atoms in total. The van der Waals surface area contributed by atoms with Crippen molar-refractivity contribution >= 4 is 12.1 Å². The Kier molecular flexibility index (Phi) is 11.9. The van der Waals surface area contributed by atoms with E-state index in [-0.39, 0.29) is 5.54 Å². The van der Waals surface area contributed by atoms with Gasteiger partial charge in [0, 0.05) is 37.5 Å². The Morgan fingerprint density at radius 1 is 1.14 bits per heavy atom. The highest BCUT2D eigenvalue weighted by Gasteiger charge is 2.26. The number of carbonyl (C=O) groups is 1. The third-order valence-corrected chi connectivity index (χ3v) is 5.48. The van der Waals surface area contributed by atoms with Crippen molar-refractivity contribution in [2.45, 2.75) is 72.3 Å². The standard InChI is InChI=1S/C12H17NO.C9H17NO.C3H8/c1-12(7-9-14-10-8-12)13-11-5-3-2-4-6-11;1-8(2)9-3-5-10(7-11)6-4-9;1-3-2/h2-6,13H,7-10H2,1H3;7-9H,3-6H2,1-2H3;3H2,1-2H3.